The van der Waals surface area contributed by atoms with Crippen molar-refractivity contribution in [1.82, 2.24) is 29.2 Å². The van der Waals surface area contributed by atoms with Gasteiger partial charge in [-0.15, -0.1) is 0 Å². The Kier molecular flexibility index (Phi) is 16.9. The van der Waals surface area contributed by atoms with E-state index in [2.05, 4.69) is 27.2 Å². The van der Waals surface area contributed by atoms with Crippen molar-refractivity contribution >= 4 is 39.7 Å². The number of primary amides is 2. The third-order valence-corrected chi connectivity index (χ3v) is 14.9. The van der Waals surface area contributed by atoms with Crippen LogP contribution >= 0.6 is 0 Å². The van der Waals surface area contributed by atoms with Gasteiger partial charge in [-0.3, -0.25) is 19.2 Å². The molecule has 2 aromatic heterocycles. The van der Waals surface area contributed by atoms with Gasteiger partial charge in [0.25, 0.3) is 11.1 Å². The minimum absolute atomic E-state index is 0.00496. The molecule has 0 bridgehead atoms. The monoisotopic (exact) mass is 1050 g/mol. The number of piperidine rings is 2. The lowest BCUT2D eigenvalue weighted by Crippen LogP contribution is -2.49. The van der Waals surface area contributed by atoms with Crippen molar-refractivity contribution in [2.24, 2.45) is 11.5 Å². The van der Waals surface area contributed by atoms with Gasteiger partial charge in [0.2, 0.25) is 11.8 Å². The highest BCUT2D eigenvalue weighted by molar-refractivity contribution is 5.98. The molecule has 3 amide bonds. The number of benzene rings is 4. The molecular formula is C59H72N8O10. The van der Waals surface area contributed by atoms with Crippen LogP contribution in [0.15, 0.2) is 94.5 Å². The molecule has 0 unspecified atom stereocenters. The van der Waals surface area contributed by atoms with Gasteiger partial charge in [0.15, 0.2) is 23.0 Å². The number of hydrogen-bond acceptors (Lipinski definition) is 13. The highest BCUT2D eigenvalue weighted by Crippen LogP contribution is 2.33. The molecule has 77 heavy (non-hydrogen) atoms. The van der Waals surface area contributed by atoms with Gasteiger partial charge in [-0.05, 0) is 144 Å². The van der Waals surface area contributed by atoms with Gasteiger partial charge in [0, 0.05) is 98.5 Å². The molecule has 0 radical (unpaired) electrons. The highest BCUT2D eigenvalue weighted by Gasteiger charge is 2.32. The van der Waals surface area contributed by atoms with Crippen molar-refractivity contribution < 1.29 is 38.1 Å². The molecule has 0 atom stereocenters. The number of likely N-dealkylation sites (tertiary alicyclic amines) is 2. The second-order valence-electron chi connectivity index (χ2n) is 21.5. The number of fused-ring (bicyclic) bond motifs is 4. The number of aryl methyl sites for hydroxylation is 2. The summed E-state index contributed by atoms with van der Waals surface area (Å²) in [6.07, 6.45) is 3.33. The second-order valence-corrected chi connectivity index (χ2v) is 21.5. The zero-order valence-corrected chi connectivity index (χ0v) is 44.9. The predicted molar refractivity (Wildman–Crippen MR) is 295 cm³/mol. The van der Waals surface area contributed by atoms with Crippen molar-refractivity contribution in [3.8, 4) is 23.0 Å². The van der Waals surface area contributed by atoms with Crippen LogP contribution < -0.4 is 46.9 Å². The van der Waals surface area contributed by atoms with E-state index in [1.54, 1.807) is 45.5 Å². The Labute approximate surface area is 448 Å². The summed E-state index contributed by atoms with van der Waals surface area (Å²) in [5.74, 6) is 2.04. The largest absolute Gasteiger partial charge is 0.486 e. The molecule has 18 nitrogen and oxygen atoms in total. The van der Waals surface area contributed by atoms with Gasteiger partial charge in [0.1, 0.15) is 32.0 Å². The highest BCUT2D eigenvalue weighted by atomic mass is 16.6. The van der Waals surface area contributed by atoms with Gasteiger partial charge in [-0.1, -0.05) is 24.3 Å². The quantitative estimate of drug-likeness (QED) is 0.106. The first-order chi connectivity index (χ1) is 37.0. The maximum absolute atomic E-state index is 13.4. The van der Waals surface area contributed by atoms with Gasteiger partial charge in [0.05, 0.1) is 11.0 Å². The minimum Gasteiger partial charge on any atom is -0.486 e. The number of carbonyl (C=O) groups excluding carboxylic acids is 3. The van der Waals surface area contributed by atoms with E-state index in [4.69, 9.17) is 35.2 Å². The molecule has 0 aliphatic carbocycles. The van der Waals surface area contributed by atoms with Gasteiger partial charge in [-0.25, -0.2) is 4.79 Å². The van der Waals surface area contributed by atoms with E-state index in [1.165, 1.54) is 5.56 Å². The van der Waals surface area contributed by atoms with Crippen LogP contribution in [0.2, 0.25) is 0 Å². The summed E-state index contributed by atoms with van der Waals surface area (Å²) in [6.45, 7) is 18.9. The van der Waals surface area contributed by atoms with Crippen LogP contribution in [0.25, 0.3) is 21.8 Å². The van der Waals surface area contributed by atoms with Gasteiger partial charge in [-0.2, -0.15) is 0 Å². The van der Waals surface area contributed by atoms with E-state index < -0.39 is 17.4 Å². The lowest BCUT2D eigenvalue weighted by atomic mass is 10.0. The fourth-order valence-electron chi connectivity index (χ4n) is 10.7. The number of pyridine rings is 2. The SMILES string of the molecule is Cc1cc(=O)n(CCN2CCC(N(Cc3ccc4c(c3)OCCO4)C(=O)OC(C)(C)C)CC2)c2cc(C(N)=O)ccc12.Cc1cc(=O)n(CCN2CCC(NCc3ccc4c(c3)OCCO4)CC2)c2cc(C(N)=O)ccc12. The lowest BCUT2D eigenvalue weighted by Gasteiger charge is -2.39. The Morgan fingerprint density at radius 3 is 1.53 bits per heavy atom. The van der Waals surface area contributed by atoms with Crippen molar-refractivity contribution in [3.05, 3.63) is 139 Å². The number of carbonyl (C=O) groups is 3. The van der Waals surface area contributed by atoms with Crippen molar-refractivity contribution in [3.63, 3.8) is 0 Å². The summed E-state index contributed by atoms with van der Waals surface area (Å²) >= 11 is 0. The number of rotatable bonds is 14. The molecule has 10 rings (SSSR count). The topological polar surface area (TPSA) is 215 Å². The maximum atomic E-state index is 13.4. The van der Waals surface area contributed by atoms with Crippen molar-refractivity contribution in [2.75, 3.05) is 65.7 Å². The van der Waals surface area contributed by atoms with Crippen LogP contribution in [0.5, 0.6) is 23.0 Å². The molecule has 18 heteroatoms. The minimum atomic E-state index is -0.610. The number of hydrogen-bond donors (Lipinski definition) is 3. The first-order valence-electron chi connectivity index (χ1n) is 26.8. The van der Waals surface area contributed by atoms with E-state index in [0.717, 1.165) is 109 Å². The normalized spacial score (nSPS) is 16.2. The summed E-state index contributed by atoms with van der Waals surface area (Å²) in [6, 6.07) is 26.3. The number of nitrogens with zero attached hydrogens (tertiary/aromatic N) is 5. The summed E-state index contributed by atoms with van der Waals surface area (Å²) in [4.78, 5) is 69.1. The van der Waals surface area contributed by atoms with Crippen LogP contribution in [0, 0.1) is 13.8 Å². The Balaban J connectivity index is 0.000000191. The average Bonchev–Trinajstić information content (AvgIpc) is 3.42. The summed E-state index contributed by atoms with van der Waals surface area (Å²) in [5, 5.41) is 5.56. The summed E-state index contributed by atoms with van der Waals surface area (Å²) in [7, 11) is 0. The van der Waals surface area contributed by atoms with E-state index in [9.17, 15) is 24.0 Å². The second kappa shape index (κ2) is 23.9. The number of nitrogens with one attached hydrogen (secondary N) is 1. The zero-order valence-electron chi connectivity index (χ0n) is 44.9. The molecular weight excluding hydrogens is 981 g/mol. The first kappa shape index (κ1) is 54.4. The molecule has 6 heterocycles. The van der Waals surface area contributed by atoms with Crippen LogP contribution in [0.3, 0.4) is 0 Å². The molecule has 4 aliphatic heterocycles. The van der Waals surface area contributed by atoms with E-state index in [0.29, 0.717) is 86.8 Å². The van der Waals surface area contributed by atoms with Crippen LogP contribution in [-0.2, 0) is 30.9 Å². The Hall–Kier alpha value is -7.41. The summed E-state index contributed by atoms with van der Waals surface area (Å²) in [5.41, 5.74) is 16.4. The fourth-order valence-corrected chi connectivity index (χ4v) is 10.7. The predicted octanol–water partition coefficient (Wildman–Crippen LogP) is 6.52. The van der Waals surface area contributed by atoms with Crippen LogP contribution in [0.1, 0.15) is 89.4 Å². The number of amides is 3. The van der Waals surface area contributed by atoms with Gasteiger partial charge >= 0.3 is 6.09 Å². The zero-order chi connectivity index (χ0) is 54.4. The number of aromatic nitrogens is 2. The van der Waals surface area contributed by atoms with Gasteiger partial charge < -0.3 is 64.3 Å². The molecule has 2 fully saturated rings. The molecule has 408 valence electrons. The van der Waals surface area contributed by atoms with Crippen molar-refractivity contribution in [2.45, 2.75) is 104 Å². The number of nitrogens with two attached hydrogens (primary N) is 2. The fraction of sp³-hybridized carbons (Fsp3) is 0.441. The van der Waals surface area contributed by atoms with Crippen molar-refractivity contribution in [1.29, 1.82) is 0 Å². The van der Waals surface area contributed by atoms with E-state index in [-0.39, 0.29) is 23.3 Å². The molecule has 2 saturated heterocycles. The molecule has 0 spiro atoms. The van der Waals surface area contributed by atoms with E-state index in [1.807, 2.05) is 75.9 Å². The van der Waals surface area contributed by atoms with Crippen LogP contribution in [0.4, 0.5) is 4.79 Å². The summed E-state index contributed by atoms with van der Waals surface area (Å²) < 4.78 is 32.0. The Morgan fingerprint density at radius 2 is 1.05 bits per heavy atom. The standard InChI is InChI=1S/C32H40N4O6.C27H32N4O4/c1-21-17-29(37)35(26-19-23(30(33)38)6-7-25(21)26)14-13-34-11-9-24(10-12-34)36(31(39)42-32(2,3)4)20-22-5-8-27-28(18-22)41-16-15-40-27;1-18-14-26(32)31(23-16-20(27(28)33)3-4-22(18)23)11-10-30-8-6-21(7-9-30)29-17-19-2-5-24-25(15-19)35-13-12-34-24/h5-8,17-19,24H,9-16,20H2,1-4H3,(H2,33,38);2-5,14-16,21,29H,6-13,17H2,1H3,(H2,28,33). The lowest BCUT2D eigenvalue weighted by molar-refractivity contribution is 0.00560. The third kappa shape index (κ3) is 13.4. The molecule has 5 N–H and O–H groups in total. The first-order valence-corrected chi connectivity index (χ1v) is 26.8. The Bertz CT molecular complexity index is 3260. The average molecular weight is 1050 g/mol. The smallest absolute Gasteiger partial charge is 0.410 e. The molecule has 4 aromatic carbocycles. The Morgan fingerprint density at radius 1 is 0.597 bits per heavy atom. The van der Waals surface area contributed by atoms with E-state index >= 15 is 0 Å². The maximum Gasteiger partial charge on any atom is 0.410 e. The third-order valence-electron chi connectivity index (χ3n) is 14.9. The molecule has 0 saturated carbocycles. The molecule has 6 aromatic rings. The van der Waals surface area contributed by atoms with Crippen LogP contribution in [-0.4, -0.2) is 125 Å². The molecule has 4 aliphatic rings. The number of ether oxygens (including phenoxy) is 5.